The van der Waals surface area contributed by atoms with Crippen LogP contribution in [0.15, 0.2) is 53.4 Å². The first-order valence-electron chi connectivity index (χ1n) is 9.06. The smallest absolute Gasteiger partial charge is 0.319 e. The second kappa shape index (κ2) is 8.10. The molecule has 1 aliphatic heterocycles. The number of carbonyl (C=O) groups is 1. The highest BCUT2D eigenvalue weighted by atomic mass is 32.2. The van der Waals surface area contributed by atoms with E-state index >= 15 is 0 Å². The van der Waals surface area contributed by atoms with Crippen LogP contribution in [-0.2, 0) is 10.0 Å². The molecule has 0 bridgehead atoms. The standard InChI is InChI=1S/C20H25N3O3S/c1-15-5-9-17(10-6-15)22-20(24)21-14-18-4-3-13-23(18)27(25,26)19-11-7-16(2)8-12-19/h5-12,18H,3-4,13-14H2,1-2H3,(H2,21,22,24). The third-order valence-corrected chi connectivity index (χ3v) is 6.72. The van der Waals surface area contributed by atoms with Crippen LogP contribution in [0.2, 0.25) is 0 Å². The Kier molecular flexibility index (Phi) is 5.82. The van der Waals surface area contributed by atoms with Crippen LogP contribution in [0.4, 0.5) is 10.5 Å². The SMILES string of the molecule is Cc1ccc(NC(=O)NCC2CCCN2S(=O)(=O)c2ccc(C)cc2)cc1. The van der Waals surface area contributed by atoms with Gasteiger partial charge in [-0.1, -0.05) is 35.4 Å². The van der Waals surface area contributed by atoms with Gasteiger partial charge in [0.2, 0.25) is 10.0 Å². The Bertz CT molecular complexity index is 893. The van der Waals surface area contributed by atoms with Crippen molar-refractivity contribution in [2.75, 3.05) is 18.4 Å². The summed E-state index contributed by atoms with van der Waals surface area (Å²) in [5.74, 6) is 0. The van der Waals surface area contributed by atoms with Crippen LogP contribution in [0.1, 0.15) is 24.0 Å². The molecule has 1 saturated heterocycles. The third-order valence-electron chi connectivity index (χ3n) is 4.76. The first-order chi connectivity index (χ1) is 12.9. The lowest BCUT2D eigenvalue weighted by Gasteiger charge is -2.24. The van der Waals surface area contributed by atoms with Crippen LogP contribution >= 0.6 is 0 Å². The van der Waals surface area contributed by atoms with Gasteiger partial charge in [-0.15, -0.1) is 0 Å². The van der Waals surface area contributed by atoms with E-state index in [1.54, 1.807) is 24.3 Å². The van der Waals surface area contributed by atoms with Crippen molar-refractivity contribution in [3.05, 3.63) is 59.7 Å². The van der Waals surface area contributed by atoms with Crippen molar-refractivity contribution >= 4 is 21.7 Å². The average molecular weight is 388 g/mol. The van der Waals surface area contributed by atoms with Crippen LogP contribution < -0.4 is 10.6 Å². The highest BCUT2D eigenvalue weighted by molar-refractivity contribution is 7.89. The number of aryl methyl sites for hydroxylation is 2. The van der Waals surface area contributed by atoms with E-state index in [9.17, 15) is 13.2 Å². The maximum atomic E-state index is 12.9. The number of nitrogens with one attached hydrogen (secondary N) is 2. The summed E-state index contributed by atoms with van der Waals surface area (Å²) in [4.78, 5) is 12.4. The Balaban J connectivity index is 1.61. The molecule has 1 unspecified atom stereocenters. The Labute approximate surface area is 160 Å². The van der Waals surface area contributed by atoms with E-state index in [1.807, 2.05) is 38.1 Å². The zero-order valence-electron chi connectivity index (χ0n) is 15.6. The highest BCUT2D eigenvalue weighted by Crippen LogP contribution is 2.26. The molecule has 3 rings (SSSR count). The average Bonchev–Trinajstić information content (AvgIpc) is 3.12. The summed E-state index contributed by atoms with van der Waals surface area (Å²) >= 11 is 0. The molecule has 2 aromatic rings. The van der Waals surface area contributed by atoms with Gasteiger partial charge in [0.25, 0.3) is 0 Å². The van der Waals surface area contributed by atoms with Gasteiger partial charge in [0.05, 0.1) is 4.90 Å². The minimum atomic E-state index is -3.55. The highest BCUT2D eigenvalue weighted by Gasteiger charge is 2.35. The largest absolute Gasteiger partial charge is 0.336 e. The van der Waals surface area contributed by atoms with Crippen molar-refractivity contribution in [3.8, 4) is 0 Å². The fraction of sp³-hybridized carbons (Fsp3) is 0.350. The van der Waals surface area contributed by atoms with Crippen molar-refractivity contribution in [2.45, 2.75) is 37.6 Å². The van der Waals surface area contributed by atoms with Crippen molar-refractivity contribution < 1.29 is 13.2 Å². The molecule has 2 amide bonds. The molecule has 27 heavy (non-hydrogen) atoms. The summed E-state index contributed by atoms with van der Waals surface area (Å²) in [5, 5.41) is 5.56. The zero-order chi connectivity index (χ0) is 19.4. The first kappa shape index (κ1) is 19.4. The molecule has 0 aliphatic carbocycles. The predicted octanol–water partition coefficient (Wildman–Crippen LogP) is 3.28. The number of hydrogen-bond acceptors (Lipinski definition) is 3. The molecule has 1 aliphatic rings. The lowest BCUT2D eigenvalue weighted by molar-refractivity contribution is 0.249. The van der Waals surface area contributed by atoms with E-state index in [0.717, 1.165) is 24.0 Å². The minimum absolute atomic E-state index is 0.236. The van der Waals surface area contributed by atoms with Gasteiger partial charge in [-0.2, -0.15) is 4.31 Å². The second-order valence-electron chi connectivity index (χ2n) is 6.93. The Hall–Kier alpha value is -2.38. The van der Waals surface area contributed by atoms with Gasteiger partial charge < -0.3 is 10.6 Å². The van der Waals surface area contributed by atoms with E-state index < -0.39 is 10.0 Å². The first-order valence-corrected chi connectivity index (χ1v) is 10.5. The summed E-state index contributed by atoms with van der Waals surface area (Å²) in [6.07, 6.45) is 1.52. The zero-order valence-corrected chi connectivity index (χ0v) is 16.4. The predicted molar refractivity (Wildman–Crippen MR) is 106 cm³/mol. The molecule has 0 radical (unpaired) electrons. The number of sulfonamides is 1. The number of hydrogen-bond donors (Lipinski definition) is 2. The van der Waals surface area contributed by atoms with E-state index in [2.05, 4.69) is 10.6 Å². The quantitative estimate of drug-likeness (QED) is 0.826. The summed E-state index contributed by atoms with van der Waals surface area (Å²) in [7, 11) is -3.55. The van der Waals surface area contributed by atoms with Crippen molar-refractivity contribution in [1.82, 2.24) is 9.62 Å². The lowest BCUT2D eigenvalue weighted by atomic mass is 10.2. The van der Waals surface area contributed by atoms with Crippen molar-refractivity contribution in [3.63, 3.8) is 0 Å². The van der Waals surface area contributed by atoms with Gasteiger partial charge >= 0.3 is 6.03 Å². The maximum Gasteiger partial charge on any atom is 0.319 e. The monoisotopic (exact) mass is 387 g/mol. The minimum Gasteiger partial charge on any atom is -0.336 e. The molecule has 0 aromatic heterocycles. The number of carbonyl (C=O) groups excluding carboxylic acids is 1. The molecule has 1 heterocycles. The summed E-state index contributed by atoms with van der Waals surface area (Å²) < 4.78 is 27.3. The molecule has 2 aromatic carbocycles. The Morgan fingerprint density at radius 2 is 1.63 bits per heavy atom. The van der Waals surface area contributed by atoms with Crippen LogP contribution in [0.5, 0.6) is 0 Å². The summed E-state index contributed by atoms with van der Waals surface area (Å²) in [6.45, 7) is 4.66. The maximum absolute atomic E-state index is 12.9. The molecule has 2 N–H and O–H groups in total. The normalized spacial score (nSPS) is 17.6. The number of anilines is 1. The van der Waals surface area contributed by atoms with Gasteiger partial charge in [-0.25, -0.2) is 13.2 Å². The van der Waals surface area contributed by atoms with Crippen LogP contribution in [0.25, 0.3) is 0 Å². The molecule has 7 heteroatoms. The van der Waals surface area contributed by atoms with Gasteiger partial charge in [0, 0.05) is 24.8 Å². The fourth-order valence-electron chi connectivity index (χ4n) is 3.20. The molecule has 1 fully saturated rings. The third kappa shape index (κ3) is 4.67. The molecule has 144 valence electrons. The Morgan fingerprint density at radius 3 is 2.26 bits per heavy atom. The van der Waals surface area contributed by atoms with Gasteiger partial charge in [-0.05, 0) is 51.0 Å². The number of amides is 2. The molecule has 0 spiro atoms. The van der Waals surface area contributed by atoms with Gasteiger partial charge in [-0.3, -0.25) is 0 Å². The number of rotatable bonds is 5. The lowest BCUT2D eigenvalue weighted by Crippen LogP contribution is -2.44. The van der Waals surface area contributed by atoms with Gasteiger partial charge in [0.1, 0.15) is 0 Å². The Morgan fingerprint density at radius 1 is 1.04 bits per heavy atom. The topological polar surface area (TPSA) is 78.5 Å². The molecule has 6 nitrogen and oxygen atoms in total. The molecular weight excluding hydrogens is 362 g/mol. The van der Waals surface area contributed by atoms with Gasteiger partial charge in [0.15, 0.2) is 0 Å². The van der Waals surface area contributed by atoms with Crippen LogP contribution in [0, 0.1) is 13.8 Å². The van der Waals surface area contributed by atoms with E-state index in [0.29, 0.717) is 17.1 Å². The van der Waals surface area contributed by atoms with E-state index in [-0.39, 0.29) is 18.6 Å². The number of urea groups is 1. The van der Waals surface area contributed by atoms with Crippen LogP contribution in [0.3, 0.4) is 0 Å². The van der Waals surface area contributed by atoms with Crippen LogP contribution in [-0.4, -0.2) is 37.9 Å². The summed E-state index contributed by atoms with van der Waals surface area (Å²) in [5.41, 5.74) is 2.83. The van der Waals surface area contributed by atoms with E-state index in [1.165, 1.54) is 4.31 Å². The molecule has 1 atom stereocenters. The number of benzene rings is 2. The molecule has 0 saturated carbocycles. The van der Waals surface area contributed by atoms with E-state index in [4.69, 9.17) is 0 Å². The van der Waals surface area contributed by atoms with Crippen molar-refractivity contribution in [2.24, 2.45) is 0 Å². The summed E-state index contributed by atoms with van der Waals surface area (Å²) in [6, 6.07) is 13.8. The fourth-order valence-corrected chi connectivity index (χ4v) is 4.89. The number of nitrogens with zero attached hydrogens (tertiary/aromatic N) is 1. The van der Waals surface area contributed by atoms with Crippen molar-refractivity contribution in [1.29, 1.82) is 0 Å². The second-order valence-corrected chi connectivity index (χ2v) is 8.82. The molecular formula is C20H25N3O3S.